The number of phenols is 1. The topological polar surface area (TPSA) is 201 Å². The molecule has 196 valence electrons. The summed E-state index contributed by atoms with van der Waals surface area (Å²) in [5, 5.41) is 37.6. The first-order valence-electron chi connectivity index (χ1n) is 10.4. The standard InChI is InChI=1S/C19H23N3O7S.C2H2O4/c1-28-16-11-14(12-17(29-2)19(16)23)13-20-7-9-21(10-8-20)30(26,27)18-6-4-3-5-15(18)22(24)25;3-1(4)2(5)6/h3-6,11-12,23H,7-10,13H2,1-2H3;(H,3,4)(H,5,6). The van der Waals surface area contributed by atoms with Gasteiger partial charge in [-0.05, 0) is 18.2 Å². The van der Waals surface area contributed by atoms with Crippen molar-refractivity contribution in [1.29, 1.82) is 0 Å². The van der Waals surface area contributed by atoms with Crippen LogP contribution in [0.15, 0.2) is 41.3 Å². The largest absolute Gasteiger partial charge is 0.539 e. The van der Waals surface area contributed by atoms with Gasteiger partial charge in [0.2, 0.25) is 15.8 Å². The number of rotatable bonds is 7. The molecule has 2 aromatic carbocycles. The Kier molecular flexibility index (Phi) is 9.54. The number of carbonyl (C=O) groups excluding carboxylic acids is 1. The van der Waals surface area contributed by atoms with Crippen molar-refractivity contribution in [2.75, 3.05) is 40.4 Å². The van der Waals surface area contributed by atoms with Gasteiger partial charge in [-0.1, -0.05) is 12.1 Å². The molecule has 0 saturated carbocycles. The number of para-hydroxylation sites is 1. The van der Waals surface area contributed by atoms with Crippen LogP contribution in [0.3, 0.4) is 0 Å². The number of ether oxygens (including phenoxy) is 2. The summed E-state index contributed by atoms with van der Waals surface area (Å²) in [5.74, 6) is -3.47. The number of nitro benzene ring substituents is 1. The number of nitro groups is 1. The minimum Gasteiger partial charge on any atom is -0.539 e. The molecule has 2 aromatic rings. The lowest BCUT2D eigenvalue weighted by atomic mass is 10.1. The number of carboxylic acids is 2. The van der Waals surface area contributed by atoms with Crippen molar-refractivity contribution < 1.29 is 52.6 Å². The van der Waals surface area contributed by atoms with E-state index in [2.05, 4.69) is 0 Å². The van der Waals surface area contributed by atoms with Gasteiger partial charge in [-0.2, -0.15) is 4.31 Å². The number of carboxylic acid groups (broad SMARTS) is 2. The summed E-state index contributed by atoms with van der Waals surface area (Å²) in [4.78, 5) is 29.4. The van der Waals surface area contributed by atoms with Gasteiger partial charge in [-0.3, -0.25) is 10.1 Å². The molecule has 1 aliphatic heterocycles. The maximum atomic E-state index is 12.9. The second-order valence-electron chi connectivity index (χ2n) is 7.50. The average Bonchev–Trinajstić information content (AvgIpc) is 2.85. The maximum absolute atomic E-state index is 12.9. The fourth-order valence-corrected chi connectivity index (χ4v) is 5.12. The van der Waals surface area contributed by atoms with Crippen molar-refractivity contribution >= 4 is 27.6 Å². The van der Waals surface area contributed by atoms with Gasteiger partial charge in [0.05, 0.1) is 45.3 Å². The van der Waals surface area contributed by atoms with Gasteiger partial charge in [-0.15, -0.1) is 0 Å². The van der Waals surface area contributed by atoms with Crippen LogP contribution in [-0.2, 0) is 26.2 Å². The molecule has 15 heteroatoms. The first kappa shape index (κ1) is 28.3. The summed E-state index contributed by atoms with van der Waals surface area (Å²) in [6.45, 7) is 2.15. The number of carbonyl (C=O) groups is 2. The fourth-order valence-electron chi connectivity index (χ4n) is 3.52. The van der Waals surface area contributed by atoms with Gasteiger partial charge in [-0.25, -0.2) is 13.2 Å². The zero-order valence-corrected chi connectivity index (χ0v) is 20.2. The summed E-state index contributed by atoms with van der Waals surface area (Å²) in [7, 11) is -1.04. The second kappa shape index (κ2) is 12.1. The predicted octanol–water partition coefficient (Wildman–Crippen LogP) is -1.77. The van der Waals surface area contributed by atoms with Crippen LogP contribution in [0.25, 0.3) is 0 Å². The SMILES string of the molecule is COc1cc(C[NH+]2CCN(S(=O)(=O)c3ccccc3[N+](=O)[O-])CC2)cc(OC)c1O.O=C([O-])C(=O)O. The molecular weight excluding hydrogens is 502 g/mol. The molecule has 0 amide bonds. The van der Waals surface area contributed by atoms with E-state index in [1.54, 1.807) is 12.1 Å². The van der Waals surface area contributed by atoms with E-state index in [-0.39, 0.29) is 23.7 Å². The van der Waals surface area contributed by atoms with Crippen molar-refractivity contribution in [2.45, 2.75) is 11.4 Å². The molecular formula is C21H25N3O11S. The monoisotopic (exact) mass is 527 g/mol. The highest BCUT2D eigenvalue weighted by Crippen LogP contribution is 2.36. The van der Waals surface area contributed by atoms with Crippen LogP contribution >= 0.6 is 0 Å². The Morgan fingerprint density at radius 1 is 1.11 bits per heavy atom. The zero-order valence-electron chi connectivity index (χ0n) is 19.4. The van der Waals surface area contributed by atoms with E-state index in [4.69, 9.17) is 29.3 Å². The van der Waals surface area contributed by atoms with Crippen molar-refractivity contribution in [3.63, 3.8) is 0 Å². The third-order valence-corrected chi connectivity index (χ3v) is 7.22. The highest BCUT2D eigenvalue weighted by Gasteiger charge is 2.34. The number of phenolic OH excluding ortho intramolecular Hbond substituents is 1. The van der Waals surface area contributed by atoms with E-state index in [1.807, 2.05) is 0 Å². The molecule has 1 aliphatic rings. The fraction of sp³-hybridized carbons (Fsp3) is 0.333. The minimum absolute atomic E-state index is 0.0703. The van der Waals surface area contributed by atoms with E-state index < -0.39 is 32.6 Å². The van der Waals surface area contributed by atoms with Crippen LogP contribution < -0.4 is 19.5 Å². The lowest BCUT2D eigenvalue weighted by molar-refractivity contribution is -0.917. The van der Waals surface area contributed by atoms with Crippen LogP contribution in [-0.4, -0.2) is 80.2 Å². The van der Waals surface area contributed by atoms with Crippen molar-refractivity contribution in [2.24, 2.45) is 0 Å². The molecule has 0 aliphatic carbocycles. The Morgan fingerprint density at radius 3 is 2.06 bits per heavy atom. The predicted molar refractivity (Wildman–Crippen MR) is 120 cm³/mol. The number of aromatic hydroxyl groups is 1. The Hall–Kier alpha value is -3.95. The van der Waals surface area contributed by atoms with E-state index in [0.29, 0.717) is 31.1 Å². The van der Waals surface area contributed by atoms with Gasteiger partial charge >= 0.3 is 5.97 Å². The number of aliphatic carboxylic acids is 2. The van der Waals surface area contributed by atoms with Crippen LogP contribution in [0.2, 0.25) is 0 Å². The Bertz CT molecular complexity index is 1190. The number of quaternary nitrogens is 1. The molecule has 0 atom stereocenters. The molecule has 14 nitrogen and oxygen atoms in total. The Morgan fingerprint density at radius 2 is 1.61 bits per heavy atom. The molecule has 1 saturated heterocycles. The maximum Gasteiger partial charge on any atom is 0.351 e. The highest BCUT2D eigenvalue weighted by molar-refractivity contribution is 7.89. The lowest BCUT2D eigenvalue weighted by Gasteiger charge is -2.31. The Labute approximate surface area is 206 Å². The van der Waals surface area contributed by atoms with Crippen LogP contribution in [0.1, 0.15) is 5.56 Å². The minimum atomic E-state index is -3.96. The number of sulfonamides is 1. The first-order chi connectivity index (χ1) is 16.9. The van der Waals surface area contributed by atoms with Crippen LogP contribution in [0.5, 0.6) is 17.2 Å². The molecule has 0 unspecified atom stereocenters. The third-order valence-electron chi connectivity index (χ3n) is 5.28. The van der Waals surface area contributed by atoms with E-state index in [9.17, 15) is 23.6 Å². The molecule has 36 heavy (non-hydrogen) atoms. The lowest BCUT2D eigenvalue weighted by Crippen LogP contribution is -3.13. The first-order valence-corrected chi connectivity index (χ1v) is 11.8. The smallest absolute Gasteiger partial charge is 0.351 e. The summed E-state index contributed by atoms with van der Waals surface area (Å²) < 4.78 is 37.5. The van der Waals surface area contributed by atoms with Gasteiger partial charge < -0.3 is 34.5 Å². The summed E-state index contributed by atoms with van der Waals surface area (Å²) in [6, 6.07) is 8.83. The van der Waals surface area contributed by atoms with Crippen LogP contribution in [0, 0.1) is 10.1 Å². The van der Waals surface area contributed by atoms with E-state index in [0.717, 1.165) is 10.5 Å². The third kappa shape index (κ3) is 6.80. The number of nitrogens with one attached hydrogen (secondary N) is 1. The van der Waals surface area contributed by atoms with Gasteiger partial charge in [0.1, 0.15) is 6.54 Å². The average molecular weight is 528 g/mol. The van der Waals surface area contributed by atoms with Crippen LogP contribution in [0.4, 0.5) is 5.69 Å². The van der Waals surface area contributed by atoms with E-state index in [1.165, 1.54) is 42.8 Å². The van der Waals surface area contributed by atoms with Gasteiger partial charge in [0.15, 0.2) is 22.4 Å². The number of piperazine rings is 1. The molecule has 0 spiro atoms. The van der Waals surface area contributed by atoms with Crippen molar-refractivity contribution in [1.82, 2.24) is 4.31 Å². The van der Waals surface area contributed by atoms with Crippen molar-refractivity contribution in [3.8, 4) is 17.2 Å². The van der Waals surface area contributed by atoms with Crippen molar-refractivity contribution in [3.05, 3.63) is 52.1 Å². The van der Waals surface area contributed by atoms with Gasteiger partial charge in [0.25, 0.3) is 5.69 Å². The summed E-state index contributed by atoms with van der Waals surface area (Å²) in [6.07, 6.45) is 0. The quantitative estimate of drug-likeness (QED) is 0.209. The number of methoxy groups -OCH3 is 2. The number of hydrogen-bond acceptors (Lipinski definition) is 10. The summed E-state index contributed by atoms with van der Waals surface area (Å²) in [5.41, 5.74) is 0.460. The molecule has 3 rings (SSSR count). The Balaban J connectivity index is 0.000000678. The molecule has 1 heterocycles. The van der Waals surface area contributed by atoms with E-state index >= 15 is 0 Å². The van der Waals surface area contributed by atoms with Gasteiger partial charge in [0, 0.05) is 11.6 Å². The molecule has 1 fully saturated rings. The molecule has 3 N–H and O–H groups in total. The molecule has 0 bridgehead atoms. The normalized spacial score (nSPS) is 14.3. The highest BCUT2D eigenvalue weighted by atomic mass is 32.2. The molecule has 0 radical (unpaired) electrons. The summed E-state index contributed by atoms with van der Waals surface area (Å²) >= 11 is 0. The number of hydrogen-bond donors (Lipinski definition) is 3. The number of benzene rings is 2. The molecule has 0 aromatic heterocycles. The second-order valence-corrected chi connectivity index (χ2v) is 9.40. The zero-order chi connectivity index (χ0) is 27.0. The number of nitrogens with zero attached hydrogens (tertiary/aromatic N) is 2.